The molecule has 132 valence electrons. The number of nitrogens with zero attached hydrogens (tertiary/aromatic N) is 4. The maximum Gasteiger partial charge on any atom is 0.308 e. The van der Waals surface area contributed by atoms with Crippen molar-refractivity contribution >= 4 is 11.9 Å². The van der Waals surface area contributed by atoms with Crippen molar-refractivity contribution in [1.29, 1.82) is 0 Å². The quantitative estimate of drug-likeness (QED) is 0.920. The maximum absolute atomic E-state index is 12.9. The van der Waals surface area contributed by atoms with Crippen LogP contribution in [-0.4, -0.2) is 49.2 Å². The highest BCUT2D eigenvalue weighted by molar-refractivity contribution is 5.91. The van der Waals surface area contributed by atoms with E-state index in [1.165, 1.54) is 0 Å². The number of aromatic nitrogens is 3. The molecule has 2 atom stereocenters. The van der Waals surface area contributed by atoms with Crippen LogP contribution < -0.4 is 0 Å². The number of carbonyl (C=O) groups is 2. The van der Waals surface area contributed by atoms with Gasteiger partial charge in [0.15, 0.2) is 0 Å². The second kappa shape index (κ2) is 7.04. The summed E-state index contributed by atoms with van der Waals surface area (Å²) in [6.45, 7) is 4.10. The summed E-state index contributed by atoms with van der Waals surface area (Å²) in [5.41, 5.74) is 0.848. The van der Waals surface area contributed by atoms with Crippen LogP contribution in [0.5, 0.6) is 0 Å². The maximum atomic E-state index is 12.9. The highest BCUT2D eigenvalue weighted by Gasteiger charge is 2.34. The minimum Gasteiger partial charge on any atom is -0.481 e. The van der Waals surface area contributed by atoms with Crippen molar-refractivity contribution < 1.29 is 14.7 Å². The summed E-state index contributed by atoms with van der Waals surface area (Å²) in [4.78, 5) is 30.2. The van der Waals surface area contributed by atoms with E-state index in [2.05, 4.69) is 10.1 Å². The summed E-state index contributed by atoms with van der Waals surface area (Å²) in [6, 6.07) is 9.53. The van der Waals surface area contributed by atoms with Gasteiger partial charge in [-0.15, -0.1) is 5.10 Å². The molecule has 25 heavy (non-hydrogen) atoms. The predicted molar refractivity (Wildman–Crippen MR) is 91.6 cm³/mol. The molecule has 2 heterocycles. The van der Waals surface area contributed by atoms with Crippen LogP contribution in [0.1, 0.15) is 43.1 Å². The van der Waals surface area contributed by atoms with E-state index >= 15 is 0 Å². The second-order valence-corrected chi connectivity index (χ2v) is 6.37. The Hall–Kier alpha value is -2.70. The molecule has 1 aliphatic rings. The van der Waals surface area contributed by atoms with Crippen LogP contribution in [0, 0.1) is 5.92 Å². The highest BCUT2D eigenvalue weighted by Crippen LogP contribution is 2.23. The van der Waals surface area contributed by atoms with E-state index in [0.29, 0.717) is 25.1 Å². The van der Waals surface area contributed by atoms with Crippen LogP contribution in [-0.2, 0) is 11.2 Å². The van der Waals surface area contributed by atoms with Gasteiger partial charge in [-0.1, -0.05) is 25.1 Å². The summed E-state index contributed by atoms with van der Waals surface area (Å²) < 4.78 is 1.68. The number of carboxylic acids is 1. The first-order valence-corrected chi connectivity index (χ1v) is 8.56. The van der Waals surface area contributed by atoms with Crippen LogP contribution in [0.15, 0.2) is 30.3 Å². The van der Waals surface area contributed by atoms with Crippen molar-refractivity contribution in [2.45, 2.75) is 39.2 Å². The lowest BCUT2D eigenvalue weighted by Crippen LogP contribution is -2.47. The average molecular weight is 342 g/mol. The number of piperidine rings is 1. The lowest BCUT2D eigenvalue weighted by atomic mass is 9.93. The molecular formula is C18H22N4O3. The summed E-state index contributed by atoms with van der Waals surface area (Å²) in [5, 5.41) is 13.7. The molecule has 0 saturated carbocycles. The molecule has 1 amide bonds. The fourth-order valence-corrected chi connectivity index (χ4v) is 3.16. The number of likely N-dealkylation sites (tertiary alicyclic amines) is 1. The van der Waals surface area contributed by atoms with Crippen molar-refractivity contribution in [3.63, 3.8) is 0 Å². The molecule has 0 bridgehead atoms. The monoisotopic (exact) mass is 342 g/mol. The molecule has 1 saturated heterocycles. The molecular weight excluding hydrogens is 320 g/mol. The minimum atomic E-state index is -0.860. The first-order chi connectivity index (χ1) is 12.0. The van der Waals surface area contributed by atoms with Crippen LogP contribution in [0.3, 0.4) is 0 Å². The Morgan fingerprint density at radius 1 is 1.24 bits per heavy atom. The van der Waals surface area contributed by atoms with Gasteiger partial charge in [-0.2, -0.15) is 0 Å². The first-order valence-electron chi connectivity index (χ1n) is 8.56. The molecule has 0 radical (unpaired) electrons. The largest absolute Gasteiger partial charge is 0.481 e. The molecule has 3 rings (SSSR count). The van der Waals surface area contributed by atoms with Gasteiger partial charge in [0.05, 0.1) is 11.6 Å². The SMILES string of the molecule is CCc1nc(C(=O)N2CC(C(=O)O)CCC2C)nn1-c1ccccc1. The Kier molecular flexibility index (Phi) is 4.83. The standard InChI is InChI=1S/C18H22N4O3/c1-3-15-19-16(20-22(15)14-7-5-4-6-8-14)17(23)21-11-13(18(24)25)10-9-12(21)2/h4-8,12-13H,3,9-11H2,1-2H3,(H,24,25). The normalized spacial score (nSPS) is 20.5. The number of hydrogen-bond acceptors (Lipinski definition) is 4. The smallest absolute Gasteiger partial charge is 0.308 e. The van der Waals surface area contributed by atoms with Gasteiger partial charge in [-0.05, 0) is 31.9 Å². The fraction of sp³-hybridized carbons (Fsp3) is 0.444. The van der Waals surface area contributed by atoms with Gasteiger partial charge in [-0.3, -0.25) is 9.59 Å². The van der Waals surface area contributed by atoms with Gasteiger partial charge in [0.2, 0.25) is 5.82 Å². The van der Waals surface area contributed by atoms with Crippen LogP contribution in [0.4, 0.5) is 0 Å². The molecule has 2 unspecified atom stereocenters. The number of benzene rings is 1. The Morgan fingerprint density at radius 3 is 2.60 bits per heavy atom. The molecule has 1 aromatic carbocycles. The summed E-state index contributed by atoms with van der Waals surface area (Å²) in [5.74, 6) is -0.862. The summed E-state index contributed by atoms with van der Waals surface area (Å²) in [7, 11) is 0. The molecule has 0 spiro atoms. The number of rotatable bonds is 4. The average Bonchev–Trinajstić information content (AvgIpc) is 3.06. The lowest BCUT2D eigenvalue weighted by molar-refractivity contribution is -0.143. The van der Waals surface area contributed by atoms with Crippen molar-refractivity contribution in [1.82, 2.24) is 19.7 Å². The zero-order valence-corrected chi connectivity index (χ0v) is 14.4. The Labute approximate surface area is 146 Å². The van der Waals surface area contributed by atoms with E-state index in [-0.39, 0.29) is 24.3 Å². The number of aliphatic carboxylic acids is 1. The van der Waals surface area contributed by atoms with E-state index in [0.717, 1.165) is 5.69 Å². The number of hydrogen-bond donors (Lipinski definition) is 1. The Morgan fingerprint density at radius 2 is 1.96 bits per heavy atom. The first kappa shape index (κ1) is 17.1. The Bertz CT molecular complexity index is 772. The molecule has 7 nitrogen and oxygen atoms in total. The van der Waals surface area contributed by atoms with Crippen molar-refractivity contribution in [2.75, 3.05) is 6.54 Å². The molecule has 1 aliphatic heterocycles. The fourth-order valence-electron chi connectivity index (χ4n) is 3.16. The number of aryl methyl sites for hydroxylation is 1. The van der Waals surface area contributed by atoms with Crippen molar-refractivity contribution in [3.8, 4) is 5.69 Å². The Balaban J connectivity index is 1.89. The van der Waals surface area contributed by atoms with Gasteiger partial charge < -0.3 is 10.0 Å². The minimum absolute atomic E-state index is 0.0168. The van der Waals surface area contributed by atoms with E-state index in [1.807, 2.05) is 44.2 Å². The van der Waals surface area contributed by atoms with Gasteiger partial charge in [0, 0.05) is 19.0 Å². The second-order valence-electron chi connectivity index (χ2n) is 6.37. The predicted octanol–water partition coefficient (Wildman–Crippen LogP) is 2.15. The lowest BCUT2D eigenvalue weighted by Gasteiger charge is -2.35. The molecule has 1 N–H and O–H groups in total. The van der Waals surface area contributed by atoms with Crippen LogP contribution in [0.25, 0.3) is 5.69 Å². The zero-order valence-electron chi connectivity index (χ0n) is 14.4. The van der Waals surface area contributed by atoms with Crippen molar-refractivity contribution in [2.24, 2.45) is 5.92 Å². The van der Waals surface area contributed by atoms with Gasteiger partial charge in [0.1, 0.15) is 5.82 Å². The molecule has 1 fully saturated rings. The summed E-state index contributed by atoms with van der Waals surface area (Å²) >= 11 is 0. The van der Waals surface area contributed by atoms with Gasteiger partial charge >= 0.3 is 5.97 Å². The third-order valence-corrected chi connectivity index (χ3v) is 4.67. The summed E-state index contributed by atoms with van der Waals surface area (Å²) in [6.07, 6.45) is 1.90. The molecule has 7 heteroatoms. The van der Waals surface area contributed by atoms with E-state index in [9.17, 15) is 14.7 Å². The van der Waals surface area contributed by atoms with Crippen LogP contribution in [0.2, 0.25) is 0 Å². The molecule has 1 aromatic heterocycles. The highest BCUT2D eigenvalue weighted by atomic mass is 16.4. The third kappa shape index (κ3) is 3.40. The van der Waals surface area contributed by atoms with E-state index in [1.54, 1.807) is 9.58 Å². The topological polar surface area (TPSA) is 88.3 Å². The third-order valence-electron chi connectivity index (χ3n) is 4.67. The van der Waals surface area contributed by atoms with Crippen LogP contribution >= 0.6 is 0 Å². The number of carbonyl (C=O) groups excluding carboxylic acids is 1. The van der Waals surface area contributed by atoms with E-state index in [4.69, 9.17) is 0 Å². The molecule has 0 aliphatic carbocycles. The number of carboxylic acid groups (broad SMARTS) is 1. The van der Waals surface area contributed by atoms with Gasteiger partial charge in [0.25, 0.3) is 5.91 Å². The van der Waals surface area contributed by atoms with Gasteiger partial charge in [-0.25, -0.2) is 9.67 Å². The van der Waals surface area contributed by atoms with Crippen molar-refractivity contribution in [3.05, 3.63) is 42.0 Å². The molecule has 2 aromatic rings. The van der Waals surface area contributed by atoms with E-state index < -0.39 is 11.9 Å². The number of amides is 1. The zero-order chi connectivity index (χ0) is 18.0. The number of para-hydroxylation sites is 1.